The molecule has 2 heteroatoms. The maximum absolute atomic E-state index is 15.0. The number of anilines is 1. The van der Waals surface area contributed by atoms with Crippen molar-refractivity contribution in [2.75, 3.05) is 11.9 Å². The number of rotatable bonds is 2. The molecule has 0 radical (unpaired) electrons. The van der Waals surface area contributed by atoms with Crippen LogP contribution in [0.25, 0.3) is 10.8 Å². The van der Waals surface area contributed by atoms with Crippen LogP contribution in [-0.2, 0) is 6.42 Å². The lowest BCUT2D eigenvalue weighted by Crippen LogP contribution is -2.00. The predicted molar refractivity (Wildman–Crippen MR) is 85.5 cm³/mol. The van der Waals surface area contributed by atoms with E-state index in [1.807, 2.05) is 54.6 Å². The van der Waals surface area contributed by atoms with E-state index in [0.29, 0.717) is 0 Å². The fourth-order valence-electron chi connectivity index (χ4n) is 3.12. The molecule has 0 amide bonds. The van der Waals surface area contributed by atoms with Gasteiger partial charge in [0.15, 0.2) is 6.17 Å². The molecule has 3 aromatic rings. The zero-order valence-corrected chi connectivity index (χ0v) is 11.6. The Bertz CT molecular complexity index is 810. The standard InChI is InChI=1S/C19H16FN/c20-18(17-7-3-6-14-10-11-21-19(14)17)16-9-8-13-4-1-2-5-15(13)12-16/h1-9,12,18,21H,10-11H2. The summed E-state index contributed by atoms with van der Waals surface area (Å²) in [5.41, 5.74) is 3.67. The lowest BCUT2D eigenvalue weighted by atomic mass is 9.97. The van der Waals surface area contributed by atoms with Crippen molar-refractivity contribution in [3.63, 3.8) is 0 Å². The Hall–Kier alpha value is -2.35. The van der Waals surface area contributed by atoms with Gasteiger partial charge in [-0.15, -0.1) is 0 Å². The quantitative estimate of drug-likeness (QED) is 0.705. The van der Waals surface area contributed by atoms with Crippen LogP contribution in [0, 0.1) is 0 Å². The van der Waals surface area contributed by atoms with Gasteiger partial charge >= 0.3 is 0 Å². The van der Waals surface area contributed by atoms with Crippen molar-refractivity contribution in [3.05, 3.63) is 77.4 Å². The summed E-state index contributed by atoms with van der Waals surface area (Å²) in [4.78, 5) is 0. The van der Waals surface area contributed by atoms with E-state index in [1.165, 1.54) is 5.56 Å². The molecule has 1 heterocycles. The molecule has 0 saturated carbocycles. The third-order valence-electron chi connectivity index (χ3n) is 4.22. The molecule has 21 heavy (non-hydrogen) atoms. The molecule has 4 rings (SSSR count). The first-order valence-electron chi connectivity index (χ1n) is 7.31. The molecular formula is C19H16FN. The minimum absolute atomic E-state index is 0.718. The topological polar surface area (TPSA) is 12.0 Å². The van der Waals surface area contributed by atoms with Crippen molar-refractivity contribution in [3.8, 4) is 0 Å². The van der Waals surface area contributed by atoms with Gasteiger partial charge in [-0.1, -0.05) is 54.6 Å². The third kappa shape index (κ3) is 2.07. The number of nitrogens with one attached hydrogen (secondary N) is 1. The van der Waals surface area contributed by atoms with Crippen molar-refractivity contribution in [1.82, 2.24) is 0 Å². The molecule has 1 N–H and O–H groups in total. The molecule has 0 saturated heterocycles. The average molecular weight is 277 g/mol. The van der Waals surface area contributed by atoms with E-state index in [-0.39, 0.29) is 0 Å². The molecule has 1 nitrogen and oxygen atoms in total. The van der Waals surface area contributed by atoms with Crippen molar-refractivity contribution in [1.29, 1.82) is 0 Å². The largest absolute Gasteiger partial charge is 0.384 e. The van der Waals surface area contributed by atoms with Gasteiger partial charge in [0.25, 0.3) is 0 Å². The zero-order chi connectivity index (χ0) is 14.2. The molecule has 3 aromatic carbocycles. The molecule has 0 aromatic heterocycles. The van der Waals surface area contributed by atoms with E-state index in [2.05, 4.69) is 11.4 Å². The van der Waals surface area contributed by atoms with Crippen molar-refractivity contribution in [2.45, 2.75) is 12.6 Å². The second-order valence-corrected chi connectivity index (χ2v) is 5.53. The van der Waals surface area contributed by atoms with Gasteiger partial charge in [0.05, 0.1) is 0 Å². The molecular weight excluding hydrogens is 261 g/mol. The Morgan fingerprint density at radius 2 is 1.76 bits per heavy atom. The zero-order valence-electron chi connectivity index (χ0n) is 11.6. The Morgan fingerprint density at radius 1 is 0.905 bits per heavy atom. The van der Waals surface area contributed by atoms with Gasteiger partial charge in [0.1, 0.15) is 0 Å². The van der Waals surface area contributed by atoms with E-state index >= 15 is 4.39 Å². The highest BCUT2D eigenvalue weighted by Crippen LogP contribution is 2.36. The summed E-state index contributed by atoms with van der Waals surface area (Å²) in [7, 11) is 0. The Balaban J connectivity index is 1.80. The highest BCUT2D eigenvalue weighted by Gasteiger charge is 2.21. The molecule has 1 aliphatic heterocycles. The summed E-state index contributed by atoms with van der Waals surface area (Å²) >= 11 is 0. The van der Waals surface area contributed by atoms with Gasteiger partial charge in [-0.25, -0.2) is 4.39 Å². The van der Waals surface area contributed by atoms with E-state index in [1.54, 1.807) is 0 Å². The van der Waals surface area contributed by atoms with Crippen LogP contribution in [0.3, 0.4) is 0 Å². The summed E-state index contributed by atoms with van der Waals surface area (Å²) in [5.74, 6) is 0. The monoisotopic (exact) mass is 277 g/mol. The Morgan fingerprint density at radius 3 is 2.67 bits per heavy atom. The van der Waals surface area contributed by atoms with Crippen LogP contribution in [0.5, 0.6) is 0 Å². The summed E-state index contributed by atoms with van der Waals surface area (Å²) in [6.45, 7) is 0.900. The number of hydrogen-bond acceptors (Lipinski definition) is 1. The van der Waals surface area contributed by atoms with E-state index in [0.717, 1.165) is 40.6 Å². The minimum Gasteiger partial charge on any atom is -0.384 e. The summed E-state index contributed by atoms with van der Waals surface area (Å²) in [6, 6.07) is 19.8. The van der Waals surface area contributed by atoms with Crippen LogP contribution in [0.4, 0.5) is 10.1 Å². The van der Waals surface area contributed by atoms with Gasteiger partial charge in [-0.2, -0.15) is 0 Å². The lowest BCUT2D eigenvalue weighted by molar-refractivity contribution is 0.403. The molecule has 0 aliphatic carbocycles. The highest BCUT2D eigenvalue weighted by atomic mass is 19.1. The molecule has 1 aliphatic rings. The fraction of sp³-hybridized carbons (Fsp3) is 0.158. The normalized spacial score (nSPS) is 14.7. The number of hydrogen-bond donors (Lipinski definition) is 1. The predicted octanol–water partition coefficient (Wildman–Crippen LogP) is 4.87. The fourth-order valence-corrected chi connectivity index (χ4v) is 3.12. The molecule has 1 unspecified atom stereocenters. The van der Waals surface area contributed by atoms with Crippen molar-refractivity contribution in [2.24, 2.45) is 0 Å². The van der Waals surface area contributed by atoms with E-state index in [9.17, 15) is 0 Å². The highest BCUT2D eigenvalue weighted by molar-refractivity contribution is 5.83. The molecule has 104 valence electrons. The molecule has 0 fully saturated rings. The maximum Gasteiger partial charge on any atom is 0.152 e. The first-order valence-corrected chi connectivity index (χ1v) is 7.31. The number of benzene rings is 3. The van der Waals surface area contributed by atoms with Gasteiger partial charge in [0.2, 0.25) is 0 Å². The van der Waals surface area contributed by atoms with Crippen LogP contribution < -0.4 is 5.32 Å². The second-order valence-electron chi connectivity index (χ2n) is 5.53. The number of fused-ring (bicyclic) bond motifs is 2. The minimum atomic E-state index is -1.09. The number of para-hydroxylation sites is 1. The Kier molecular flexibility index (Phi) is 2.88. The van der Waals surface area contributed by atoms with Crippen LogP contribution in [0.1, 0.15) is 22.9 Å². The van der Waals surface area contributed by atoms with Crippen LogP contribution >= 0.6 is 0 Å². The van der Waals surface area contributed by atoms with E-state index in [4.69, 9.17) is 0 Å². The molecule has 0 bridgehead atoms. The van der Waals surface area contributed by atoms with Crippen LogP contribution in [0.15, 0.2) is 60.7 Å². The Labute approximate surface area is 123 Å². The number of alkyl halides is 1. The number of halogens is 1. The lowest BCUT2D eigenvalue weighted by Gasteiger charge is -2.14. The maximum atomic E-state index is 15.0. The van der Waals surface area contributed by atoms with Crippen LogP contribution in [-0.4, -0.2) is 6.54 Å². The molecule has 1 atom stereocenters. The summed E-state index contributed by atoms with van der Waals surface area (Å²) in [6.07, 6.45) is -0.108. The summed E-state index contributed by atoms with van der Waals surface area (Å²) < 4.78 is 15.0. The first-order chi connectivity index (χ1) is 10.3. The second kappa shape index (κ2) is 4.88. The SMILES string of the molecule is FC(c1ccc2ccccc2c1)c1cccc2c1NCC2. The average Bonchev–Trinajstić information content (AvgIpc) is 3.02. The first kappa shape index (κ1) is 12.4. The smallest absolute Gasteiger partial charge is 0.152 e. The van der Waals surface area contributed by atoms with Crippen molar-refractivity contribution >= 4 is 16.5 Å². The third-order valence-corrected chi connectivity index (χ3v) is 4.22. The van der Waals surface area contributed by atoms with Crippen molar-refractivity contribution < 1.29 is 4.39 Å². The van der Waals surface area contributed by atoms with Gasteiger partial charge < -0.3 is 5.32 Å². The van der Waals surface area contributed by atoms with Gasteiger partial charge in [-0.3, -0.25) is 0 Å². The molecule has 0 spiro atoms. The van der Waals surface area contributed by atoms with Gasteiger partial charge in [0, 0.05) is 17.8 Å². The summed E-state index contributed by atoms with van der Waals surface area (Å²) in [5, 5.41) is 5.54. The van der Waals surface area contributed by atoms with Gasteiger partial charge in [-0.05, 0) is 34.4 Å². The van der Waals surface area contributed by atoms with E-state index < -0.39 is 6.17 Å². The van der Waals surface area contributed by atoms with Crippen LogP contribution in [0.2, 0.25) is 0 Å².